The molecule has 0 spiro atoms. The molecule has 27 heavy (non-hydrogen) atoms. The summed E-state index contributed by atoms with van der Waals surface area (Å²) in [5.41, 5.74) is 2.97. The molecular formula is C21H26ClNO4. The third kappa shape index (κ3) is 7.99. The number of hydrogen-bond acceptors (Lipinski definition) is 4. The zero-order chi connectivity index (χ0) is 19.5. The van der Waals surface area contributed by atoms with Crippen LogP contribution in [0.5, 0.6) is 5.75 Å². The van der Waals surface area contributed by atoms with E-state index in [9.17, 15) is 4.79 Å². The highest BCUT2D eigenvalue weighted by Crippen LogP contribution is 2.21. The first-order valence-corrected chi connectivity index (χ1v) is 9.35. The highest BCUT2D eigenvalue weighted by Gasteiger charge is 2.06. The minimum absolute atomic E-state index is 0.0390. The monoisotopic (exact) mass is 391 g/mol. The van der Waals surface area contributed by atoms with Crippen LogP contribution in [0.1, 0.15) is 23.6 Å². The number of halogens is 1. The van der Waals surface area contributed by atoms with Gasteiger partial charge in [-0.1, -0.05) is 35.9 Å². The summed E-state index contributed by atoms with van der Waals surface area (Å²) in [4.78, 5) is 12.0. The molecule has 0 aromatic heterocycles. The Morgan fingerprint density at radius 1 is 1.07 bits per heavy atom. The number of rotatable bonds is 11. The molecule has 0 aliphatic rings. The zero-order valence-electron chi connectivity index (χ0n) is 15.8. The fourth-order valence-corrected chi connectivity index (χ4v) is 2.68. The van der Waals surface area contributed by atoms with Gasteiger partial charge in [-0.3, -0.25) is 4.79 Å². The summed E-state index contributed by atoms with van der Waals surface area (Å²) in [5, 5.41) is 3.50. The maximum Gasteiger partial charge on any atom is 0.258 e. The van der Waals surface area contributed by atoms with Crippen LogP contribution in [0.2, 0.25) is 5.02 Å². The first-order valence-electron chi connectivity index (χ1n) is 8.97. The van der Waals surface area contributed by atoms with Gasteiger partial charge in [0.25, 0.3) is 5.91 Å². The normalized spacial score (nSPS) is 10.6. The fraction of sp³-hybridized carbons (Fsp3) is 0.381. The van der Waals surface area contributed by atoms with Crippen molar-refractivity contribution in [3.63, 3.8) is 0 Å². The van der Waals surface area contributed by atoms with Gasteiger partial charge < -0.3 is 19.5 Å². The number of nitrogens with one attached hydrogen (secondary N) is 1. The Labute approximate surface area is 165 Å². The van der Waals surface area contributed by atoms with E-state index in [-0.39, 0.29) is 12.5 Å². The van der Waals surface area contributed by atoms with Gasteiger partial charge in [0.2, 0.25) is 0 Å². The molecule has 146 valence electrons. The Morgan fingerprint density at radius 3 is 2.63 bits per heavy atom. The van der Waals surface area contributed by atoms with Crippen LogP contribution in [-0.4, -0.2) is 32.3 Å². The summed E-state index contributed by atoms with van der Waals surface area (Å²) in [5.74, 6) is 0.475. The third-order valence-electron chi connectivity index (χ3n) is 3.82. The van der Waals surface area contributed by atoms with Gasteiger partial charge in [0.15, 0.2) is 6.61 Å². The van der Waals surface area contributed by atoms with E-state index in [2.05, 4.69) is 5.32 Å². The lowest BCUT2D eigenvalue weighted by atomic mass is 10.1. The topological polar surface area (TPSA) is 56.8 Å². The van der Waals surface area contributed by atoms with Gasteiger partial charge in [-0.15, -0.1) is 0 Å². The SMILES string of the molecule is CCOCCOCc1cccc(CNC(=O)COc2ccc(Cl)cc2C)c1. The summed E-state index contributed by atoms with van der Waals surface area (Å²) in [6.45, 7) is 6.63. The van der Waals surface area contributed by atoms with Crippen LogP contribution in [0.15, 0.2) is 42.5 Å². The average molecular weight is 392 g/mol. The summed E-state index contributed by atoms with van der Waals surface area (Å²) < 4.78 is 16.4. The summed E-state index contributed by atoms with van der Waals surface area (Å²) >= 11 is 5.91. The molecule has 0 radical (unpaired) electrons. The van der Waals surface area contributed by atoms with Gasteiger partial charge in [0.1, 0.15) is 5.75 Å². The van der Waals surface area contributed by atoms with E-state index < -0.39 is 0 Å². The number of hydrogen-bond donors (Lipinski definition) is 1. The lowest BCUT2D eigenvalue weighted by molar-refractivity contribution is -0.123. The van der Waals surface area contributed by atoms with Crippen molar-refractivity contribution in [2.24, 2.45) is 0 Å². The molecule has 0 atom stereocenters. The predicted octanol–water partition coefficient (Wildman–Crippen LogP) is 3.90. The van der Waals surface area contributed by atoms with E-state index in [0.29, 0.717) is 43.7 Å². The minimum Gasteiger partial charge on any atom is -0.484 e. The molecule has 0 aliphatic carbocycles. The predicted molar refractivity (Wildman–Crippen MR) is 106 cm³/mol. The molecule has 0 saturated carbocycles. The minimum atomic E-state index is -0.178. The molecular weight excluding hydrogens is 366 g/mol. The van der Waals surface area contributed by atoms with Crippen molar-refractivity contribution in [3.05, 3.63) is 64.2 Å². The van der Waals surface area contributed by atoms with Gasteiger partial charge in [0.05, 0.1) is 19.8 Å². The zero-order valence-corrected chi connectivity index (χ0v) is 16.6. The standard InChI is InChI=1S/C21H26ClNO4/c1-3-25-9-10-26-14-18-6-4-5-17(12-18)13-23-21(24)15-27-20-8-7-19(22)11-16(20)2/h4-8,11-12H,3,9-10,13-15H2,1-2H3,(H,23,24). The third-order valence-corrected chi connectivity index (χ3v) is 4.06. The lowest BCUT2D eigenvalue weighted by Crippen LogP contribution is -2.28. The molecule has 5 nitrogen and oxygen atoms in total. The Bertz CT molecular complexity index is 736. The maximum atomic E-state index is 12.0. The number of benzene rings is 2. The summed E-state index contributed by atoms with van der Waals surface area (Å²) in [6, 6.07) is 13.2. The van der Waals surface area contributed by atoms with Crippen LogP contribution in [-0.2, 0) is 27.4 Å². The van der Waals surface area contributed by atoms with Crippen LogP contribution in [0.4, 0.5) is 0 Å². The second-order valence-electron chi connectivity index (χ2n) is 6.04. The van der Waals surface area contributed by atoms with Gasteiger partial charge in [-0.25, -0.2) is 0 Å². The van der Waals surface area contributed by atoms with Gasteiger partial charge >= 0.3 is 0 Å². The van der Waals surface area contributed by atoms with Crippen LogP contribution >= 0.6 is 11.6 Å². The van der Waals surface area contributed by atoms with Gasteiger partial charge in [-0.05, 0) is 48.7 Å². The highest BCUT2D eigenvalue weighted by atomic mass is 35.5. The molecule has 2 aromatic rings. The van der Waals surface area contributed by atoms with Crippen LogP contribution in [0.25, 0.3) is 0 Å². The maximum absolute atomic E-state index is 12.0. The smallest absolute Gasteiger partial charge is 0.258 e. The molecule has 6 heteroatoms. The number of amides is 1. The molecule has 0 unspecified atom stereocenters. The van der Waals surface area contributed by atoms with Crippen LogP contribution in [0, 0.1) is 6.92 Å². The Hall–Kier alpha value is -2.08. The average Bonchev–Trinajstić information content (AvgIpc) is 2.66. The number of carbonyl (C=O) groups excluding carboxylic acids is 1. The first-order chi connectivity index (χ1) is 13.1. The van der Waals surface area contributed by atoms with E-state index in [4.69, 9.17) is 25.8 Å². The number of aryl methyl sites for hydroxylation is 1. The van der Waals surface area contributed by atoms with Crippen LogP contribution in [0.3, 0.4) is 0 Å². The van der Waals surface area contributed by atoms with Crippen molar-refractivity contribution in [2.45, 2.75) is 27.0 Å². The molecule has 0 saturated heterocycles. The first kappa shape index (κ1) is 21.2. The van der Waals surface area contributed by atoms with Crippen molar-refractivity contribution in [1.82, 2.24) is 5.32 Å². The lowest BCUT2D eigenvalue weighted by Gasteiger charge is -2.11. The van der Waals surface area contributed by atoms with E-state index in [1.807, 2.05) is 38.1 Å². The second kappa shape index (κ2) is 11.6. The Morgan fingerprint density at radius 2 is 1.85 bits per heavy atom. The Kier molecular flexibility index (Phi) is 9.11. The van der Waals surface area contributed by atoms with E-state index >= 15 is 0 Å². The van der Waals surface area contributed by atoms with Gasteiger partial charge in [0, 0.05) is 18.2 Å². The van der Waals surface area contributed by atoms with E-state index in [0.717, 1.165) is 16.7 Å². The quantitative estimate of drug-likeness (QED) is 0.590. The van der Waals surface area contributed by atoms with Crippen molar-refractivity contribution >= 4 is 17.5 Å². The molecule has 0 aliphatic heterocycles. The number of ether oxygens (including phenoxy) is 3. The van der Waals surface area contributed by atoms with E-state index in [1.54, 1.807) is 18.2 Å². The number of carbonyl (C=O) groups is 1. The highest BCUT2D eigenvalue weighted by molar-refractivity contribution is 6.30. The molecule has 2 rings (SSSR count). The largest absolute Gasteiger partial charge is 0.484 e. The van der Waals surface area contributed by atoms with Crippen molar-refractivity contribution in [2.75, 3.05) is 26.4 Å². The van der Waals surface area contributed by atoms with Gasteiger partial charge in [-0.2, -0.15) is 0 Å². The van der Waals surface area contributed by atoms with Crippen molar-refractivity contribution < 1.29 is 19.0 Å². The molecule has 0 heterocycles. The summed E-state index contributed by atoms with van der Waals surface area (Å²) in [7, 11) is 0. The van der Waals surface area contributed by atoms with Crippen LogP contribution < -0.4 is 10.1 Å². The molecule has 0 fully saturated rings. The second-order valence-corrected chi connectivity index (χ2v) is 6.48. The molecule has 1 N–H and O–H groups in total. The molecule has 1 amide bonds. The fourth-order valence-electron chi connectivity index (χ4n) is 2.45. The summed E-state index contributed by atoms with van der Waals surface area (Å²) in [6.07, 6.45) is 0. The molecule has 0 bridgehead atoms. The Balaban J connectivity index is 1.73. The van der Waals surface area contributed by atoms with Crippen molar-refractivity contribution in [1.29, 1.82) is 0 Å². The molecule has 2 aromatic carbocycles. The van der Waals surface area contributed by atoms with Crippen molar-refractivity contribution in [3.8, 4) is 5.75 Å². The van der Waals surface area contributed by atoms with E-state index in [1.165, 1.54) is 0 Å².